The van der Waals surface area contributed by atoms with Gasteiger partial charge in [-0.1, -0.05) is 41.6 Å². The molecule has 5 aromatic rings. The second kappa shape index (κ2) is 6.83. The summed E-state index contributed by atoms with van der Waals surface area (Å²) in [6.07, 6.45) is 0. The molecule has 0 aliphatic carbocycles. The average molecular weight is 383 g/mol. The zero-order valence-corrected chi connectivity index (χ0v) is 15.6. The number of rotatable bonds is 4. The van der Waals surface area contributed by atoms with Gasteiger partial charge in [-0.25, -0.2) is 9.67 Å². The van der Waals surface area contributed by atoms with Gasteiger partial charge in [-0.15, -0.1) is 5.10 Å². The maximum Gasteiger partial charge on any atom is 0.222 e. The maximum absolute atomic E-state index is 5.94. The largest absolute Gasteiger partial charge is 0.460 e. The minimum Gasteiger partial charge on any atom is -0.460 e. The van der Waals surface area contributed by atoms with E-state index < -0.39 is 0 Å². The highest BCUT2D eigenvalue weighted by Gasteiger charge is 2.18. The van der Waals surface area contributed by atoms with Crippen LogP contribution in [0.3, 0.4) is 0 Å². The number of aromatic nitrogens is 6. The van der Waals surface area contributed by atoms with Gasteiger partial charge < -0.3 is 10.2 Å². The van der Waals surface area contributed by atoms with Gasteiger partial charge in [0, 0.05) is 5.56 Å². The van der Waals surface area contributed by atoms with Crippen LogP contribution >= 0.6 is 0 Å². The van der Waals surface area contributed by atoms with E-state index in [1.54, 1.807) is 4.68 Å². The van der Waals surface area contributed by atoms with Crippen LogP contribution in [-0.2, 0) is 6.54 Å². The number of anilines is 1. The Kier molecular flexibility index (Phi) is 4.02. The molecule has 0 saturated carbocycles. The first-order valence-corrected chi connectivity index (χ1v) is 9.12. The van der Waals surface area contributed by atoms with Crippen LogP contribution in [0.1, 0.15) is 11.5 Å². The zero-order valence-electron chi connectivity index (χ0n) is 15.6. The summed E-state index contributed by atoms with van der Waals surface area (Å²) in [5.74, 6) is 1.49. The molecule has 0 amide bonds. The van der Waals surface area contributed by atoms with Crippen molar-refractivity contribution in [3.05, 3.63) is 72.1 Å². The second-order valence-electron chi connectivity index (χ2n) is 6.64. The van der Waals surface area contributed by atoms with Crippen molar-refractivity contribution in [1.82, 2.24) is 29.9 Å². The molecule has 0 spiro atoms. The molecule has 0 fully saturated rings. The van der Waals surface area contributed by atoms with Crippen LogP contribution in [0, 0.1) is 6.92 Å². The molecule has 8 heteroatoms. The van der Waals surface area contributed by atoms with Crippen molar-refractivity contribution in [3.8, 4) is 22.7 Å². The Labute approximate surface area is 166 Å². The SMILES string of the molecule is Cc1ccc(-c2nc(N)nc3c2nnn3Cc2cccc(-c3ccccc3)n2)o1. The molecule has 0 saturated heterocycles. The van der Waals surface area contributed by atoms with E-state index in [1.165, 1.54) is 0 Å². The van der Waals surface area contributed by atoms with E-state index in [2.05, 4.69) is 20.3 Å². The first-order valence-electron chi connectivity index (χ1n) is 9.12. The van der Waals surface area contributed by atoms with E-state index in [0.29, 0.717) is 29.2 Å². The van der Waals surface area contributed by atoms with Crippen molar-refractivity contribution in [2.75, 3.05) is 5.73 Å². The summed E-state index contributed by atoms with van der Waals surface area (Å²) in [5, 5.41) is 8.52. The Morgan fingerprint density at radius 1 is 0.931 bits per heavy atom. The third kappa shape index (κ3) is 3.20. The fourth-order valence-electron chi connectivity index (χ4n) is 3.20. The van der Waals surface area contributed by atoms with Gasteiger partial charge in [0.15, 0.2) is 16.9 Å². The van der Waals surface area contributed by atoms with Crippen LogP contribution in [0.4, 0.5) is 5.95 Å². The van der Waals surface area contributed by atoms with Crippen LogP contribution in [0.25, 0.3) is 33.9 Å². The average Bonchev–Trinajstić information content (AvgIpc) is 3.35. The number of nitrogens with zero attached hydrogens (tertiary/aromatic N) is 6. The Bertz CT molecular complexity index is 1310. The molecular formula is C21H17N7O. The van der Waals surface area contributed by atoms with E-state index in [-0.39, 0.29) is 5.95 Å². The Hall–Kier alpha value is -4.07. The molecule has 29 heavy (non-hydrogen) atoms. The Morgan fingerprint density at radius 2 is 1.79 bits per heavy atom. The number of hydrogen-bond acceptors (Lipinski definition) is 7. The van der Waals surface area contributed by atoms with Crippen LogP contribution in [0.2, 0.25) is 0 Å². The molecule has 4 heterocycles. The van der Waals surface area contributed by atoms with Gasteiger partial charge in [0.25, 0.3) is 0 Å². The fraction of sp³-hybridized carbons (Fsp3) is 0.0952. The van der Waals surface area contributed by atoms with Crippen LogP contribution in [0.5, 0.6) is 0 Å². The molecule has 0 aliphatic rings. The first-order chi connectivity index (χ1) is 14.2. The van der Waals surface area contributed by atoms with Crippen molar-refractivity contribution >= 4 is 17.1 Å². The number of pyridine rings is 1. The van der Waals surface area contributed by atoms with E-state index in [0.717, 1.165) is 22.7 Å². The lowest BCUT2D eigenvalue weighted by Gasteiger charge is -2.06. The molecule has 1 aromatic carbocycles. The summed E-state index contributed by atoms with van der Waals surface area (Å²) in [6, 6.07) is 19.6. The number of benzene rings is 1. The highest BCUT2D eigenvalue weighted by molar-refractivity contribution is 5.86. The molecule has 0 radical (unpaired) electrons. The number of fused-ring (bicyclic) bond motifs is 1. The van der Waals surface area contributed by atoms with Crippen LogP contribution in [0.15, 0.2) is 65.1 Å². The van der Waals surface area contributed by atoms with Gasteiger partial charge in [0.2, 0.25) is 5.95 Å². The van der Waals surface area contributed by atoms with Crippen molar-refractivity contribution in [2.24, 2.45) is 0 Å². The summed E-state index contributed by atoms with van der Waals surface area (Å²) >= 11 is 0. The monoisotopic (exact) mass is 383 g/mol. The molecule has 2 N–H and O–H groups in total. The zero-order chi connectivity index (χ0) is 19.8. The lowest BCUT2D eigenvalue weighted by molar-refractivity contribution is 0.547. The van der Waals surface area contributed by atoms with Crippen LogP contribution < -0.4 is 5.73 Å². The number of nitrogen functional groups attached to an aromatic ring is 1. The van der Waals surface area contributed by atoms with E-state index >= 15 is 0 Å². The van der Waals surface area contributed by atoms with Gasteiger partial charge in [-0.05, 0) is 31.2 Å². The highest BCUT2D eigenvalue weighted by atomic mass is 16.3. The quantitative estimate of drug-likeness (QED) is 0.506. The summed E-state index contributed by atoms with van der Waals surface area (Å²) in [4.78, 5) is 13.4. The van der Waals surface area contributed by atoms with Crippen molar-refractivity contribution in [2.45, 2.75) is 13.5 Å². The minimum absolute atomic E-state index is 0.135. The summed E-state index contributed by atoms with van der Waals surface area (Å²) in [5.41, 5.74) is 10.3. The number of nitrogens with two attached hydrogens (primary N) is 1. The smallest absolute Gasteiger partial charge is 0.222 e. The summed E-state index contributed by atoms with van der Waals surface area (Å²) in [7, 11) is 0. The topological polar surface area (TPSA) is 109 Å². The first kappa shape index (κ1) is 17.1. The van der Waals surface area contributed by atoms with E-state index in [9.17, 15) is 0 Å². The lowest BCUT2D eigenvalue weighted by Crippen LogP contribution is -2.06. The lowest BCUT2D eigenvalue weighted by atomic mass is 10.1. The molecule has 4 aromatic heterocycles. The van der Waals surface area contributed by atoms with Gasteiger partial charge in [-0.3, -0.25) is 4.98 Å². The fourth-order valence-corrected chi connectivity index (χ4v) is 3.20. The summed E-state index contributed by atoms with van der Waals surface area (Å²) in [6.45, 7) is 2.28. The number of hydrogen-bond donors (Lipinski definition) is 1. The predicted molar refractivity (Wildman–Crippen MR) is 109 cm³/mol. The van der Waals surface area contributed by atoms with E-state index in [4.69, 9.17) is 15.1 Å². The normalized spacial score (nSPS) is 11.2. The van der Waals surface area contributed by atoms with E-state index in [1.807, 2.05) is 67.6 Å². The van der Waals surface area contributed by atoms with Gasteiger partial charge in [0.05, 0.1) is 17.9 Å². The van der Waals surface area contributed by atoms with Crippen molar-refractivity contribution in [1.29, 1.82) is 0 Å². The third-order valence-corrected chi connectivity index (χ3v) is 4.54. The Balaban J connectivity index is 1.55. The molecule has 0 bridgehead atoms. The van der Waals surface area contributed by atoms with Crippen molar-refractivity contribution < 1.29 is 4.42 Å². The molecule has 0 aliphatic heterocycles. The standard InChI is InChI=1S/C21H17N7O/c1-13-10-11-17(29-13)18-19-20(25-21(22)24-18)28(27-26-19)12-15-8-5-9-16(23-15)14-6-3-2-4-7-14/h2-11H,12H2,1H3,(H2,22,24,25). The molecule has 5 rings (SSSR count). The van der Waals surface area contributed by atoms with Gasteiger partial charge in [-0.2, -0.15) is 4.98 Å². The van der Waals surface area contributed by atoms with Gasteiger partial charge >= 0.3 is 0 Å². The van der Waals surface area contributed by atoms with Gasteiger partial charge in [0.1, 0.15) is 11.5 Å². The predicted octanol–water partition coefficient (Wildman–Crippen LogP) is 3.48. The molecule has 142 valence electrons. The highest BCUT2D eigenvalue weighted by Crippen LogP contribution is 2.27. The number of aryl methyl sites for hydroxylation is 1. The van der Waals surface area contributed by atoms with Crippen LogP contribution in [-0.4, -0.2) is 29.9 Å². The number of furan rings is 1. The minimum atomic E-state index is 0.135. The molecule has 8 nitrogen and oxygen atoms in total. The molecule has 0 atom stereocenters. The van der Waals surface area contributed by atoms with Crippen molar-refractivity contribution in [3.63, 3.8) is 0 Å². The second-order valence-corrected chi connectivity index (χ2v) is 6.64. The molecular weight excluding hydrogens is 366 g/mol. The maximum atomic E-state index is 5.94. The summed E-state index contributed by atoms with van der Waals surface area (Å²) < 4.78 is 7.36. The molecule has 0 unspecified atom stereocenters. The third-order valence-electron chi connectivity index (χ3n) is 4.54. The Morgan fingerprint density at radius 3 is 2.59 bits per heavy atom.